The summed E-state index contributed by atoms with van der Waals surface area (Å²) >= 11 is 0. The zero-order valence-corrected chi connectivity index (χ0v) is 17.8. The highest BCUT2D eigenvalue weighted by molar-refractivity contribution is 14.0. The van der Waals surface area contributed by atoms with Gasteiger partial charge in [0.15, 0.2) is 5.96 Å². The van der Waals surface area contributed by atoms with Crippen LogP contribution >= 0.6 is 24.0 Å². The molecule has 2 atom stereocenters. The van der Waals surface area contributed by atoms with Crippen LogP contribution in [0.5, 0.6) is 0 Å². The van der Waals surface area contributed by atoms with E-state index in [-0.39, 0.29) is 24.0 Å². The van der Waals surface area contributed by atoms with Gasteiger partial charge in [0.1, 0.15) is 0 Å². The number of halogens is 1. The van der Waals surface area contributed by atoms with Crippen LogP contribution < -0.4 is 10.6 Å². The molecule has 0 aliphatic carbocycles. The zero-order valence-electron chi connectivity index (χ0n) is 15.4. The summed E-state index contributed by atoms with van der Waals surface area (Å²) in [6, 6.07) is 1.20. The van der Waals surface area contributed by atoms with E-state index < -0.39 is 0 Å². The van der Waals surface area contributed by atoms with Crippen molar-refractivity contribution in [1.29, 1.82) is 0 Å². The Morgan fingerprint density at radius 2 is 2.09 bits per heavy atom. The van der Waals surface area contributed by atoms with Crippen LogP contribution in [-0.4, -0.2) is 62.3 Å². The Morgan fingerprint density at radius 3 is 2.74 bits per heavy atom. The average molecular weight is 440 g/mol. The van der Waals surface area contributed by atoms with Gasteiger partial charge in [-0.25, -0.2) is 0 Å². The van der Waals surface area contributed by atoms with E-state index >= 15 is 0 Å². The van der Waals surface area contributed by atoms with Gasteiger partial charge in [-0.15, -0.1) is 24.0 Å². The van der Waals surface area contributed by atoms with Crippen LogP contribution in [0.1, 0.15) is 53.4 Å². The summed E-state index contributed by atoms with van der Waals surface area (Å²) in [5, 5.41) is 6.71. The van der Waals surface area contributed by atoms with Crippen LogP contribution in [0.25, 0.3) is 0 Å². The summed E-state index contributed by atoms with van der Waals surface area (Å²) in [7, 11) is 0. The SMILES string of the molecule is CCNC(=NCC(C)N1CCCCC1C)NCCCOCC.I. The topological polar surface area (TPSA) is 48.9 Å². The third-order valence-electron chi connectivity index (χ3n) is 4.24. The van der Waals surface area contributed by atoms with Crippen LogP contribution in [0.15, 0.2) is 4.99 Å². The van der Waals surface area contributed by atoms with Crippen molar-refractivity contribution in [3.63, 3.8) is 0 Å². The second-order valence-electron chi connectivity index (χ2n) is 6.13. The van der Waals surface area contributed by atoms with Crippen molar-refractivity contribution in [1.82, 2.24) is 15.5 Å². The largest absolute Gasteiger partial charge is 0.382 e. The predicted octanol–water partition coefficient (Wildman–Crippen LogP) is 2.85. The van der Waals surface area contributed by atoms with E-state index in [2.05, 4.69) is 36.3 Å². The summed E-state index contributed by atoms with van der Waals surface area (Å²) in [5.74, 6) is 0.926. The maximum absolute atomic E-state index is 5.36. The fourth-order valence-electron chi connectivity index (χ4n) is 2.97. The van der Waals surface area contributed by atoms with Gasteiger partial charge in [0.2, 0.25) is 0 Å². The molecule has 6 heteroatoms. The molecule has 1 aliphatic heterocycles. The van der Waals surface area contributed by atoms with E-state index in [1.54, 1.807) is 0 Å². The molecule has 1 heterocycles. The standard InChI is InChI=1S/C17H36N4O.HI/c1-5-18-17(19-11-9-13-22-6-2)20-14-16(4)21-12-8-7-10-15(21)3;/h15-16H,5-14H2,1-4H3,(H2,18,19,20);1H. The normalized spacial score (nSPS) is 20.7. The predicted molar refractivity (Wildman–Crippen MR) is 110 cm³/mol. The van der Waals surface area contributed by atoms with Crippen LogP contribution in [-0.2, 0) is 4.74 Å². The molecule has 1 saturated heterocycles. The lowest BCUT2D eigenvalue weighted by Crippen LogP contribution is -2.45. The maximum Gasteiger partial charge on any atom is 0.191 e. The van der Waals surface area contributed by atoms with E-state index in [0.717, 1.165) is 45.2 Å². The minimum atomic E-state index is 0. The molecule has 1 fully saturated rings. The first-order chi connectivity index (χ1) is 10.7. The van der Waals surface area contributed by atoms with E-state index in [0.29, 0.717) is 12.1 Å². The van der Waals surface area contributed by atoms with Crippen molar-refractivity contribution in [2.24, 2.45) is 4.99 Å². The highest BCUT2D eigenvalue weighted by atomic mass is 127. The number of hydrogen-bond acceptors (Lipinski definition) is 3. The highest BCUT2D eigenvalue weighted by Crippen LogP contribution is 2.18. The molecule has 138 valence electrons. The number of aliphatic imine (C=N–C) groups is 1. The molecule has 0 bridgehead atoms. The van der Waals surface area contributed by atoms with Crippen molar-refractivity contribution in [3.05, 3.63) is 0 Å². The van der Waals surface area contributed by atoms with Crippen molar-refractivity contribution >= 4 is 29.9 Å². The quantitative estimate of drug-likeness (QED) is 0.251. The highest BCUT2D eigenvalue weighted by Gasteiger charge is 2.22. The van der Waals surface area contributed by atoms with E-state index in [4.69, 9.17) is 9.73 Å². The fraction of sp³-hybridized carbons (Fsp3) is 0.941. The third-order valence-corrected chi connectivity index (χ3v) is 4.24. The smallest absolute Gasteiger partial charge is 0.191 e. The molecule has 0 spiro atoms. The van der Waals surface area contributed by atoms with E-state index in [1.165, 1.54) is 25.8 Å². The van der Waals surface area contributed by atoms with Crippen molar-refractivity contribution in [2.75, 3.05) is 39.4 Å². The van der Waals surface area contributed by atoms with Gasteiger partial charge >= 0.3 is 0 Å². The van der Waals surface area contributed by atoms with Gasteiger partial charge in [-0.1, -0.05) is 6.42 Å². The number of nitrogens with one attached hydrogen (secondary N) is 2. The van der Waals surface area contributed by atoms with Gasteiger partial charge in [0, 0.05) is 38.4 Å². The van der Waals surface area contributed by atoms with Crippen LogP contribution in [0.2, 0.25) is 0 Å². The molecule has 23 heavy (non-hydrogen) atoms. The molecule has 0 saturated carbocycles. The monoisotopic (exact) mass is 440 g/mol. The fourth-order valence-corrected chi connectivity index (χ4v) is 2.97. The lowest BCUT2D eigenvalue weighted by atomic mass is 10.0. The van der Waals surface area contributed by atoms with Crippen molar-refractivity contribution < 1.29 is 4.74 Å². The molecule has 5 nitrogen and oxygen atoms in total. The lowest BCUT2D eigenvalue weighted by Gasteiger charge is -2.37. The van der Waals surface area contributed by atoms with Gasteiger partial charge in [0.05, 0.1) is 6.54 Å². The Hall–Kier alpha value is -0.0800. The number of guanidine groups is 1. The first-order valence-corrected chi connectivity index (χ1v) is 9.04. The Bertz CT molecular complexity index is 315. The Labute approximate surface area is 160 Å². The van der Waals surface area contributed by atoms with Gasteiger partial charge < -0.3 is 15.4 Å². The van der Waals surface area contributed by atoms with Gasteiger partial charge in [-0.2, -0.15) is 0 Å². The Morgan fingerprint density at radius 1 is 1.30 bits per heavy atom. The molecule has 0 radical (unpaired) electrons. The second-order valence-corrected chi connectivity index (χ2v) is 6.13. The number of nitrogens with zero attached hydrogens (tertiary/aromatic N) is 2. The minimum absolute atomic E-state index is 0. The first-order valence-electron chi connectivity index (χ1n) is 9.04. The van der Waals surface area contributed by atoms with Crippen molar-refractivity contribution in [2.45, 2.75) is 65.5 Å². The zero-order chi connectivity index (χ0) is 16.2. The van der Waals surface area contributed by atoms with Gasteiger partial charge in [-0.3, -0.25) is 9.89 Å². The van der Waals surface area contributed by atoms with Crippen LogP contribution in [0.4, 0.5) is 0 Å². The summed E-state index contributed by atoms with van der Waals surface area (Å²) in [4.78, 5) is 7.36. The summed E-state index contributed by atoms with van der Waals surface area (Å²) in [6.45, 7) is 14.2. The molecule has 0 aromatic carbocycles. The Balaban J connectivity index is 0.00000484. The molecule has 1 rings (SSSR count). The van der Waals surface area contributed by atoms with Gasteiger partial charge in [-0.05, 0) is 53.5 Å². The minimum Gasteiger partial charge on any atom is -0.382 e. The molecule has 1 aliphatic rings. The number of rotatable bonds is 9. The number of piperidine rings is 1. The van der Waals surface area contributed by atoms with Crippen LogP contribution in [0, 0.1) is 0 Å². The summed E-state index contributed by atoms with van der Waals surface area (Å²) < 4.78 is 5.36. The van der Waals surface area contributed by atoms with E-state index in [9.17, 15) is 0 Å². The number of likely N-dealkylation sites (tertiary alicyclic amines) is 1. The molecule has 0 aromatic rings. The summed E-state index contributed by atoms with van der Waals surface area (Å²) in [5.41, 5.74) is 0. The molecular formula is C17H37IN4O. The number of hydrogen-bond donors (Lipinski definition) is 2. The van der Waals surface area contributed by atoms with Crippen molar-refractivity contribution in [3.8, 4) is 0 Å². The molecule has 0 amide bonds. The molecule has 0 aromatic heterocycles. The third kappa shape index (κ3) is 9.72. The molecule has 2 unspecified atom stereocenters. The van der Waals surface area contributed by atoms with E-state index in [1.807, 2.05) is 6.92 Å². The average Bonchev–Trinajstić information content (AvgIpc) is 2.52. The maximum atomic E-state index is 5.36. The Kier molecular flexibility index (Phi) is 14.2. The molecular weight excluding hydrogens is 403 g/mol. The molecule has 2 N–H and O–H groups in total. The lowest BCUT2D eigenvalue weighted by molar-refractivity contribution is 0.118. The second kappa shape index (κ2) is 14.3. The van der Waals surface area contributed by atoms with Gasteiger partial charge in [0.25, 0.3) is 0 Å². The first kappa shape index (κ1) is 22.9. The summed E-state index contributed by atoms with van der Waals surface area (Å²) in [6.07, 6.45) is 5.03. The number of ether oxygens (including phenoxy) is 1. The van der Waals surface area contributed by atoms with Crippen LogP contribution in [0.3, 0.4) is 0 Å².